The fourth-order valence-electron chi connectivity index (χ4n) is 4.20. The molecule has 0 radical (unpaired) electrons. The van der Waals surface area contributed by atoms with Crippen molar-refractivity contribution in [3.63, 3.8) is 0 Å². The van der Waals surface area contributed by atoms with Crippen LogP contribution < -0.4 is 5.32 Å². The maximum Gasteiger partial charge on any atom is 0.418 e. The lowest BCUT2D eigenvalue weighted by Gasteiger charge is -2.13. The van der Waals surface area contributed by atoms with E-state index >= 15 is 0 Å². The van der Waals surface area contributed by atoms with Crippen molar-refractivity contribution in [1.29, 1.82) is 0 Å². The van der Waals surface area contributed by atoms with E-state index in [0.29, 0.717) is 17.5 Å². The Morgan fingerprint density at radius 2 is 1.66 bits per heavy atom. The molecular weight excluding hydrogens is 453 g/mol. The Labute approximate surface area is 198 Å². The molecule has 0 atom stereocenters. The Kier molecular flexibility index (Phi) is 5.61. The van der Waals surface area contributed by atoms with Crippen LogP contribution in [0.4, 0.5) is 18.9 Å². The summed E-state index contributed by atoms with van der Waals surface area (Å²) in [6.07, 6.45) is -3.07. The van der Waals surface area contributed by atoms with Crippen LogP contribution in [0.1, 0.15) is 21.5 Å². The van der Waals surface area contributed by atoms with E-state index in [4.69, 9.17) is 5.11 Å². The number of anilines is 1. The van der Waals surface area contributed by atoms with Crippen LogP contribution in [0, 0.1) is 0 Å². The molecule has 0 bridgehead atoms. The molecule has 4 nitrogen and oxygen atoms in total. The monoisotopic (exact) mass is 472 g/mol. The van der Waals surface area contributed by atoms with Gasteiger partial charge < -0.3 is 10.4 Å². The van der Waals surface area contributed by atoms with Gasteiger partial charge in [0.05, 0.1) is 16.6 Å². The number of fused-ring (bicyclic) bond motifs is 2. The van der Waals surface area contributed by atoms with Crippen molar-refractivity contribution in [2.24, 2.45) is 0 Å². The summed E-state index contributed by atoms with van der Waals surface area (Å²) in [7, 11) is 0. The van der Waals surface area contributed by atoms with Gasteiger partial charge in [-0.15, -0.1) is 0 Å². The van der Waals surface area contributed by atoms with Crippen LogP contribution in [-0.4, -0.2) is 16.1 Å². The van der Waals surface area contributed by atoms with E-state index in [1.807, 2.05) is 42.5 Å². The number of aromatic carboxylic acids is 1. The SMILES string of the molecule is O=C(O)c1ccc2cc(NCc3cccc(-c4ccnc5c(C(F)(F)F)cccc45)c3)ccc2c1. The zero-order valence-corrected chi connectivity index (χ0v) is 18.3. The van der Waals surface area contributed by atoms with E-state index in [-0.39, 0.29) is 11.1 Å². The van der Waals surface area contributed by atoms with Crippen molar-refractivity contribution in [3.05, 3.63) is 108 Å². The highest BCUT2D eigenvalue weighted by Crippen LogP contribution is 2.37. The number of pyridine rings is 1. The number of alkyl halides is 3. The van der Waals surface area contributed by atoms with Crippen molar-refractivity contribution >= 4 is 33.3 Å². The summed E-state index contributed by atoms with van der Waals surface area (Å²) in [5.74, 6) is -0.967. The van der Waals surface area contributed by atoms with Crippen LogP contribution in [0.15, 0.2) is 91.1 Å². The van der Waals surface area contributed by atoms with Crippen LogP contribution in [0.3, 0.4) is 0 Å². The molecule has 35 heavy (non-hydrogen) atoms. The quantitative estimate of drug-likeness (QED) is 0.280. The Hall–Kier alpha value is -4.39. The van der Waals surface area contributed by atoms with Crippen LogP contribution in [0.5, 0.6) is 0 Å². The second-order valence-corrected chi connectivity index (χ2v) is 8.19. The first-order chi connectivity index (χ1) is 16.8. The third-order valence-corrected chi connectivity index (χ3v) is 5.90. The van der Waals surface area contributed by atoms with Gasteiger partial charge in [0.15, 0.2) is 0 Å². The van der Waals surface area contributed by atoms with Crippen LogP contribution in [0.25, 0.3) is 32.8 Å². The molecule has 5 aromatic rings. The number of carboxylic acids is 1. The number of halogens is 3. The lowest BCUT2D eigenvalue weighted by atomic mass is 9.98. The lowest BCUT2D eigenvalue weighted by molar-refractivity contribution is -0.136. The fourth-order valence-corrected chi connectivity index (χ4v) is 4.20. The van der Waals surface area contributed by atoms with E-state index < -0.39 is 17.7 Å². The Bertz CT molecular complexity index is 1580. The minimum atomic E-state index is -4.48. The average Bonchev–Trinajstić information content (AvgIpc) is 2.86. The van der Waals surface area contributed by atoms with Gasteiger partial charge in [-0.25, -0.2) is 4.79 Å². The number of hydrogen-bond donors (Lipinski definition) is 2. The van der Waals surface area contributed by atoms with Gasteiger partial charge in [0.2, 0.25) is 0 Å². The van der Waals surface area contributed by atoms with E-state index in [2.05, 4.69) is 10.3 Å². The molecule has 0 aliphatic heterocycles. The first-order valence-electron chi connectivity index (χ1n) is 10.8. The van der Waals surface area contributed by atoms with E-state index in [1.54, 1.807) is 30.3 Å². The van der Waals surface area contributed by atoms with E-state index in [0.717, 1.165) is 33.7 Å². The number of nitrogens with zero attached hydrogens (tertiary/aromatic N) is 1. The molecule has 0 aliphatic rings. The van der Waals surface area contributed by atoms with Gasteiger partial charge in [-0.05, 0) is 69.9 Å². The zero-order chi connectivity index (χ0) is 24.6. The molecule has 0 aliphatic carbocycles. The molecule has 0 spiro atoms. The summed E-state index contributed by atoms with van der Waals surface area (Å²) in [6.45, 7) is 0.503. The molecule has 0 saturated carbocycles. The van der Waals surface area contributed by atoms with Crippen LogP contribution in [0.2, 0.25) is 0 Å². The van der Waals surface area contributed by atoms with Crippen molar-refractivity contribution in [2.75, 3.05) is 5.32 Å². The molecule has 0 amide bonds. The highest BCUT2D eigenvalue weighted by molar-refractivity contribution is 5.96. The summed E-state index contributed by atoms with van der Waals surface area (Å²) < 4.78 is 40.4. The molecule has 0 unspecified atom stereocenters. The summed E-state index contributed by atoms with van der Waals surface area (Å²) >= 11 is 0. The maximum atomic E-state index is 13.5. The molecule has 4 aromatic carbocycles. The largest absolute Gasteiger partial charge is 0.478 e. The number of rotatable bonds is 5. The van der Waals surface area contributed by atoms with Crippen molar-refractivity contribution in [1.82, 2.24) is 4.98 Å². The van der Waals surface area contributed by atoms with Gasteiger partial charge in [-0.1, -0.05) is 42.5 Å². The maximum absolute atomic E-state index is 13.5. The van der Waals surface area contributed by atoms with Gasteiger partial charge in [-0.3, -0.25) is 4.98 Å². The zero-order valence-electron chi connectivity index (χ0n) is 18.3. The fraction of sp³-hybridized carbons (Fsp3) is 0.0714. The van der Waals surface area contributed by atoms with Gasteiger partial charge in [0.1, 0.15) is 0 Å². The molecule has 7 heteroatoms. The average molecular weight is 472 g/mol. The topological polar surface area (TPSA) is 62.2 Å². The van der Waals surface area contributed by atoms with Crippen LogP contribution in [-0.2, 0) is 12.7 Å². The molecule has 0 fully saturated rings. The number of aromatic nitrogens is 1. The number of carbonyl (C=O) groups is 1. The molecule has 1 aromatic heterocycles. The standard InChI is InChI=1S/C28H19F3N2O2/c29-28(30,31)25-6-2-5-24-23(11-12-32-26(24)25)20-4-1-3-17(13-20)16-33-22-10-9-18-14-21(27(34)35)8-7-19(18)15-22/h1-15,33H,16H2,(H,34,35). The third-order valence-electron chi connectivity index (χ3n) is 5.90. The highest BCUT2D eigenvalue weighted by Gasteiger charge is 2.33. The molecule has 174 valence electrons. The number of para-hydroxylation sites is 1. The lowest BCUT2D eigenvalue weighted by Crippen LogP contribution is -2.06. The third kappa shape index (κ3) is 4.53. The summed E-state index contributed by atoms with van der Waals surface area (Å²) in [4.78, 5) is 15.2. The summed E-state index contributed by atoms with van der Waals surface area (Å²) in [5, 5.41) is 14.7. The minimum absolute atomic E-state index is 0.0664. The first kappa shape index (κ1) is 22.4. The summed E-state index contributed by atoms with van der Waals surface area (Å²) in [5.41, 5.74) is 2.74. The van der Waals surface area contributed by atoms with Gasteiger partial charge in [0.25, 0.3) is 0 Å². The predicted molar refractivity (Wildman–Crippen MR) is 130 cm³/mol. The van der Waals surface area contributed by atoms with Crippen molar-refractivity contribution in [3.8, 4) is 11.1 Å². The molecule has 1 heterocycles. The smallest absolute Gasteiger partial charge is 0.418 e. The number of benzene rings is 4. The van der Waals surface area contributed by atoms with Gasteiger partial charge >= 0.3 is 12.1 Å². The van der Waals surface area contributed by atoms with Crippen molar-refractivity contribution < 1.29 is 23.1 Å². The molecule has 2 N–H and O–H groups in total. The summed E-state index contributed by atoms with van der Waals surface area (Å²) in [6, 6.07) is 24.1. The van der Waals surface area contributed by atoms with Gasteiger partial charge in [-0.2, -0.15) is 13.2 Å². The van der Waals surface area contributed by atoms with Gasteiger partial charge in [0, 0.05) is 23.8 Å². The Morgan fingerprint density at radius 3 is 2.46 bits per heavy atom. The minimum Gasteiger partial charge on any atom is -0.478 e. The second-order valence-electron chi connectivity index (χ2n) is 8.19. The van der Waals surface area contributed by atoms with E-state index in [9.17, 15) is 18.0 Å². The normalized spacial score (nSPS) is 11.6. The second kappa shape index (κ2) is 8.76. The number of carboxylic acid groups (broad SMARTS) is 1. The Morgan fingerprint density at radius 1 is 0.886 bits per heavy atom. The highest BCUT2D eigenvalue weighted by atomic mass is 19.4. The molecule has 0 saturated heterocycles. The Balaban J connectivity index is 1.42. The first-order valence-corrected chi connectivity index (χ1v) is 10.8. The molecule has 5 rings (SSSR count). The predicted octanol–water partition coefficient (Wildman–Crippen LogP) is 7.38. The van der Waals surface area contributed by atoms with Crippen molar-refractivity contribution in [2.45, 2.75) is 12.7 Å². The van der Waals surface area contributed by atoms with Crippen LogP contribution >= 0.6 is 0 Å². The van der Waals surface area contributed by atoms with E-state index in [1.165, 1.54) is 12.3 Å². The number of nitrogens with one attached hydrogen (secondary N) is 1. The molecular formula is C28H19F3N2O2. The number of hydrogen-bond acceptors (Lipinski definition) is 3.